The summed E-state index contributed by atoms with van der Waals surface area (Å²) in [6.45, 7) is 4.97. The molecule has 0 bridgehead atoms. The van der Waals surface area contributed by atoms with E-state index in [4.69, 9.17) is 5.11 Å². The summed E-state index contributed by atoms with van der Waals surface area (Å²) in [7, 11) is 0. The van der Waals surface area contributed by atoms with Crippen LogP contribution in [-0.2, 0) is 11.3 Å². The van der Waals surface area contributed by atoms with E-state index in [1.54, 1.807) is 11.3 Å². The molecule has 0 radical (unpaired) electrons. The van der Waals surface area contributed by atoms with Crippen molar-refractivity contribution in [3.63, 3.8) is 0 Å². The molecule has 5 nitrogen and oxygen atoms in total. The third-order valence-electron chi connectivity index (χ3n) is 2.49. The van der Waals surface area contributed by atoms with E-state index < -0.39 is 5.97 Å². The van der Waals surface area contributed by atoms with E-state index in [-0.39, 0.29) is 12.5 Å². The second-order valence-corrected chi connectivity index (χ2v) is 5.40. The summed E-state index contributed by atoms with van der Waals surface area (Å²) in [5, 5.41) is 13.8. The fourth-order valence-electron chi connectivity index (χ4n) is 1.41. The molecule has 0 spiro atoms. The van der Waals surface area contributed by atoms with Gasteiger partial charge in [-0.15, -0.1) is 11.3 Å². The van der Waals surface area contributed by atoms with Gasteiger partial charge in [0.1, 0.15) is 0 Å². The number of urea groups is 1. The first-order chi connectivity index (χ1) is 8.49. The highest BCUT2D eigenvalue weighted by Gasteiger charge is 2.04. The van der Waals surface area contributed by atoms with Crippen LogP contribution in [0.5, 0.6) is 0 Å². The number of carbonyl (C=O) groups excluding carboxylic acids is 1. The standard InChI is InChI=1S/C12H18N2O3S/c1-8-6-10(18-9(8)2)7-14-12(17)13-5-3-4-11(15)16/h6H,3-5,7H2,1-2H3,(H,15,16)(H2,13,14,17). The summed E-state index contributed by atoms with van der Waals surface area (Å²) in [6.07, 6.45) is 0.517. The normalized spacial score (nSPS) is 10.1. The molecule has 1 aromatic heterocycles. The van der Waals surface area contributed by atoms with Crippen molar-refractivity contribution in [1.82, 2.24) is 10.6 Å². The molecule has 2 amide bonds. The predicted molar refractivity (Wildman–Crippen MR) is 70.9 cm³/mol. The third-order valence-corrected chi connectivity index (χ3v) is 3.65. The molecular formula is C12H18N2O3S. The van der Waals surface area contributed by atoms with Gasteiger partial charge in [0.25, 0.3) is 0 Å². The van der Waals surface area contributed by atoms with Crippen LogP contribution in [0.4, 0.5) is 4.79 Å². The molecular weight excluding hydrogens is 252 g/mol. The molecule has 1 aromatic rings. The first kappa shape index (κ1) is 14.5. The lowest BCUT2D eigenvalue weighted by molar-refractivity contribution is -0.137. The van der Waals surface area contributed by atoms with Gasteiger partial charge in [-0.3, -0.25) is 4.79 Å². The van der Waals surface area contributed by atoms with Gasteiger partial charge in [0, 0.05) is 22.7 Å². The van der Waals surface area contributed by atoms with Gasteiger partial charge in [0.2, 0.25) is 0 Å². The van der Waals surface area contributed by atoms with E-state index in [0.29, 0.717) is 19.5 Å². The number of carboxylic acids is 1. The number of rotatable bonds is 6. The molecule has 0 aliphatic rings. The van der Waals surface area contributed by atoms with Crippen molar-refractivity contribution in [3.8, 4) is 0 Å². The highest BCUT2D eigenvalue weighted by molar-refractivity contribution is 7.12. The van der Waals surface area contributed by atoms with Crippen molar-refractivity contribution in [2.24, 2.45) is 0 Å². The lowest BCUT2D eigenvalue weighted by atomic mass is 10.3. The largest absolute Gasteiger partial charge is 0.481 e. The molecule has 18 heavy (non-hydrogen) atoms. The van der Waals surface area contributed by atoms with Crippen LogP contribution in [0.1, 0.15) is 28.2 Å². The Morgan fingerprint density at radius 2 is 2.06 bits per heavy atom. The van der Waals surface area contributed by atoms with Crippen molar-refractivity contribution in [3.05, 3.63) is 21.4 Å². The molecule has 0 fully saturated rings. The van der Waals surface area contributed by atoms with E-state index in [9.17, 15) is 9.59 Å². The second-order valence-electron chi connectivity index (χ2n) is 4.06. The summed E-state index contributed by atoms with van der Waals surface area (Å²) >= 11 is 1.67. The van der Waals surface area contributed by atoms with Gasteiger partial charge >= 0.3 is 12.0 Å². The molecule has 1 heterocycles. The maximum atomic E-state index is 11.4. The zero-order valence-electron chi connectivity index (χ0n) is 10.6. The van der Waals surface area contributed by atoms with Gasteiger partial charge in [0.15, 0.2) is 0 Å². The number of aliphatic carboxylic acids is 1. The van der Waals surface area contributed by atoms with Crippen LogP contribution in [0.15, 0.2) is 6.07 Å². The Balaban J connectivity index is 2.19. The Hall–Kier alpha value is -1.56. The van der Waals surface area contributed by atoms with Gasteiger partial charge < -0.3 is 15.7 Å². The van der Waals surface area contributed by atoms with E-state index in [2.05, 4.69) is 23.6 Å². The van der Waals surface area contributed by atoms with E-state index in [0.717, 1.165) is 4.88 Å². The van der Waals surface area contributed by atoms with Crippen LogP contribution in [0.3, 0.4) is 0 Å². The Labute approximate surface area is 110 Å². The summed E-state index contributed by atoms with van der Waals surface area (Å²) < 4.78 is 0. The van der Waals surface area contributed by atoms with Crippen LogP contribution >= 0.6 is 11.3 Å². The summed E-state index contributed by atoms with van der Waals surface area (Å²) in [6, 6.07) is 1.80. The maximum absolute atomic E-state index is 11.4. The fourth-order valence-corrected chi connectivity index (χ4v) is 2.40. The molecule has 3 N–H and O–H groups in total. The fraction of sp³-hybridized carbons (Fsp3) is 0.500. The molecule has 100 valence electrons. The van der Waals surface area contributed by atoms with Crippen molar-refractivity contribution in [2.45, 2.75) is 33.2 Å². The average Bonchev–Trinajstić information content (AvgIpc) is 2.61. The number of thiophene rings is 1. The molecule has 0 aliphatic carbocycles. The highest BCUT2D eigenvalue weighted by Crippen LogP contribution is 2.20. The Kier molecular flexibility index (Phi) is 5.64. The number of carboxylic acid groups (broad SMARTS) is 1. The van der Waals surface area contributed by atoms with Gasteiger partial charge in [0.05, 0.1) is 6.54 Å². The van der Waals surface area contributed by atoms with Gasteiger partial charge in [-0.25, -0.2) is 4.79 Å². The van der Waals surface area contributed by atoms with Crippen LogP contribution in [0, 0.1) is 13.8 Å². The number of amides is 2. The minimum Gasteiger partial charge on any atom is -0.481 e. The molecule has 6 heteroatoms. The summed E-state index contributed by atoms with van der Waals surface area (Å²) in [4.78, 5) is 24.0. The molecule has 0 saturated heterocycles. The minimum atomic E-state index is -0.846. The number of nitrogens with one attached hydrogen (secondary N) is 2. The second kappa shape index (κ2) is 7.00. The SMILES string of the molecule is Cc1cc(CNC(=O)NCCCC(=O)O)sc1C. The van der Waals surface area contributed by atoms with Crippen LogP contribution < -0.4 is 10.6 Å². The quantitative estimate of drug-likeness (QED) is 0.692. The topological polar surface area (TPSA) is 78.4 Å². The lowest BCUT2D eigenvalue weighted by Gasteiger charge is -2.05. The Bertz CT molecular complexity index is 409. The first-order valence-corrected chi connectivity index (χ1v) is 6.60. The van der Waals surface area contributed by atoms with Crippen molar-refractivity contribution in [2.75, 3.05) is 6.54 Å². The van der Waals surface area contributed by atoms with Crippen molar-refractivity contribution < 1.29 is 14.7 Å². The third kappa shape index (κ3) is 5.18. The van der Waals surface area contributed by atoms with E-state index >= 15 is 0 Å². The van der Waals surface area contributed by atoms with Crippen molar-refractivity contribution in [1.29, 1.82) is 0 Å². The maximum Gasteiger partial charge on any atom is 0.315 e. The predicted octanol–water partition coefficient (Wildman–Crippen LogP) is 2.03. The number of hydrogen-bond donors (Lipinski definition) is 3. The molecule has 0 unspecified atom stereocenters. The van der Waals surface area contributed by atoms with Gasteiger partial charge in [-0.1, -0.05) is 0 Å². The number of hydrogen-bond acceptors (Lipinski definition) is 3. The molecule has 1 rings (SSSR count). The average molecular weight is 270 g/mol. The summed E-state index contributed by atoms with van der Waals surface area (Å²) in [5.74, 6) is -0.846. The minimum absolute atomic E-state index is 0.0730. The van der Waals surface area contributed by atoms with Crippen molar-refractivity contribution >= 4 is 23.3 Å². The van der Waals surface area contributed by atoms with Crippen LogP contribution in [0.2, 0.25) is 0 Å². The van der Waals surface area contributed by atoms with Crippen LogP contribution in [0.25, 0.3) is 0 Å². The monoisotopic (exact) mass is 270 g/mol. The smallest absolute Gasteiger partial charge is 0.315 e. The first-order valence-electron chi connectivity index (χ1n) is 5.78. The molecule has 0 aromatic carbocycles. The van der Waals surface area contributed by atoms with E-state index in [1.165, 1.54) is 10.4 Å². The molecule has 0 aliphatic heterocycles. The Morgan fingerprint density at radius 3 is 2.61 bits per heavy atom. The zero-order valence-corrected chi connectivity index (χ0v) is 11.4. The molecule has 0 saturated carbocycles. The highest BCUT2D eigenvalue weighted by atomic mass is 32.1. The number of carbonyl (C=O) groups is 2. The number of aryl methyl sites for hydroxylation is 2. The molecule has 0 atom stereocenters. The summed E-state index contributed by atoms with van der Waals surface area (Å²) in [5.41, 5.74) is 1.23. The zero-order chi connectivity index (χ0) is 13.5. The Morgan fingerprint density at radius 1 is 1.33 bits per heavy atom. The lowest BCUT2D eigenvalue weighted by Crippen LogP contribution is -2.35. The van der Waals surface area contributed by atoms with Gasteiger partial charge in [-0.05, 0) is 31.9 Å². The van der Waals surface area contributed by atoms with E-state index in [1.807, 2.05) is 6.92 Å². The van der Waals surface area contributed by atoms with Gasteiger partial charge in [-0.2, -0.15) is 0 Å². The van der Waals surface area contributed by atoms with Crippen LogP contribution in [-0.4, -0.2) is 23.7 Å².